The van der Waals surface area contributed by atoms with Crippen LogP contribution in [0.3, 0.4) is 0 Å². The number of rotatable bonds is 4. The SMILES string of the molecule is O=C(O)C1CC1C(=O)CC1CCC1. The first-order valence-electron chi connectivity index (χ1n) is 4.94. The molecule has 3 heteroatoms. The van der Waals surface area contributed by atoms with Gasteiger partial charge in [0.25, 0.3) is 0 Å². The maximum atomic E-state index is 11.5. The molecular formula is C10H14O3. The highest BCUT2D eigenvalue weighted by Crippen LogP contribution is 2.42. The van der Waals surface area contributed by atoms with Gasteiger partial charge in [-0.25, -0.2) is 0 Å². The molecule has 0 radical (unpaired) electrons. The van der Waals surface area contributed by atoms with Crippen molar-refractivity contribution >= 4 is 11.8 Å². The molecule has 0 aromatic carbocycles. The van der Waals surface area contributed by atoms with E-state index in [1.54, 1.807) is 0 Å². The second-order valence-corrected chi connectivity index (χ2v) is 4.25. The first-order chi connectivity index (χ1) is 6.18. The molecule has 1 N–H and O–H groups in total. The average molecular weight is 182 g/mol. The van der Waals surface area contributed by atoms with Gasteiger partial charge in [-0.3, -0.25) is 9.59 Å². The minimum atomic E-state index is -0.799. The third kappa shape index (κ3) is 1.74. The Labute approximate surface area is 77.1 Å². The predicted octanol–water partition coefficient (Wildman–Crippen LogP) is 1.47. The Balaban J connectivity index is 1.76. The summed E-state index contributed by atoms with van der Waals surface area (Å²) in [6.07, 6.45) is 4.78. The lowest BCUT2D eigenvalue weighted by atomic mass is 9.81. The van der Waals surface area contributed by atoms with Gasteiger partial charge in [-0.05, 0) is 12.3 Å². The Morgan fingerprint density at radius 1 is 1.23 bits per heavy atom. The molecule has 0 aromatic heterocycles. The van der Waals surface area contributed by atoms with Gasteiger partial charge in [0.2, 0.25) is 0 Å². The molecule has 0 amide bonds. The van der Waals surface area contributed by atoms with Crippen LogP contribution in [-0.4, -0.2) is 16.9 Å². The minimum Gasteiger partial charge on any atom is -0.481 e. The Hall–Kier alpha value is -0.860. The lowest BCUT2D eigenvalue weighted by Crippen LogP contribution is -2.18. The van der Waals surface area contributed by atoms with E-state index in [2.05, 4.69) is 0 Å². The van der Waals surface area contributed by atoms with Crippen molar-refractivity contribution in [3.8, 4) is 0 Å². The molecule has 0 bridgehead atoms. The normalized spacial score (nSPS) is 32.3. The third-order valence-corrected chi connectivity index (χ3v) is 3.24. The molecular weight excluding hydrogens is 168 g/mol. The van der Waals surface area contributed by atoms with Gasteiger partial charge in [0.05, 0.1) is 5.92 Å². The highest BCUT2D eigenvalue weighted by atomic mass is 16.4. The fourth-order valence-corrected chi connectivity index (χ4v) is 1.96. The van der Waals surface area contributed by atoms with Crippen LogP contribution >= 0.6 is 0 Å². The Bertz CT molecular complexity index is 243. The van der Waals surface area contributed by atoms with E-state index in [0.717, 1.165) is 12.8 Å². The van der Waals surface area contributed by atoms with Crippen LogP contribution in [0.4, 0.5) is 0 Å². The quantitative estimate of drug-likeness (QED) is 0.716. The van der Waals surface area contributed by atoms with Gasteiger partial charge in [-0.15, -0.1) is 0 Å². The van der Waals surface area contributed by atoms with E-state index < -0.39 is 5.97 Å². The number of hydrogen-bond acceptors (Lipinski definition) is 2. The van der Waals surface area contributed by atoms with Crippen LogP contribution in [0.15, 0.2) is 0 Å². The molecule has 13 heavy (non-hydrogen) atoms. The van der Waals surface area contributed by atoms with E-state index in [1.807, 2.05) is 0 Å². The monoisotopic (exact) mass is 182 g/mol. The molecule has 0 saturated heterocycles. The molecule has 0 spiro atoms. The summed E-state index contributed by atoms with van der Waals surface area (Å²) in [5, 5.41) is 8.63. The summed E-state index contributed by atoms with van der Waals surface area (Å²) in [6.45, 7) is 0. The van der Waals surface area contributed by atoms with Crippen molar-refractivity contribution in [2.75, 3.05) is 0 Å². The number of carboxylic acids is 1. The molecule has 2 fully saturated rings. The van der Waals surface area contributed by atoms with Gasteiger partial charge in [-0.1, -0.05) is 19.3 Å². The van der Waals surface area contributed by atoms with Crippen LogP contribution in [0.5, 0.6) is 0 Å². The maximum Gasteiger partial charge on any atom is 0.307 e. The van der Waals surface area contributed by atoms with Crippen molar-refractivity contribution in [3.63, 3.8) is 0 Å². The second kappa shape index (κ2) is 3.13. The largest absolute Gasteiger partial charge is 0.481 e. The highest BCUT2D eigenvalue weighted by molar-refractivity contribution is 5.90. The molecule has 72 valence electrons. The van der Waals surface area contributed by atoms with Crippen LogP contribution in [0.25, 0.3) is 0 Å². The predicted molar refractivity (Wildman–Crippen MR) is 46.2 cm³/mol. The van der Waals surface area contributed by atoms with Gasteiger partial charge in [0.1, 0.15) is 5.78 Å². The van der Waals surface area contributed by atoms with Gasteiger partial charge in [0, 0.05) is 12.3 Å². The molecule has 0 aliphatic heterocycles. The van der Waals surface area contributed by atoms with Crippen molar-refractivity contribution in [2.45, 2.75) is 32.1 Å². The van der Waals surface area contributed by atoms with Gasteiger partial charge in [-0.2, -0.15) is 0 Å². The Morgan fingerprint density at radius 2 is 1.92 bits per heavy atom. The molecule has 0 aromatic rings. The first-order valence-corrected chi connectivity index (χ1v) is 4.94. The lowest BCUT2D eigenvalue weighted by Gasteiger charge is -2.24. The van der Waals surface area contributed by atoms with Crippen LogP contribution in [0.2, 0.25) is 0 Å². The third-order valence-electron chi connectivity index (χ3n) is 3.24. The van der Waals surface area contributed by atoms with Gasteiger partial charge < -0.3 is 5.11 Å². The van der Waals surface area contributed by atoms with Crippen LogP contribution < -0.4 is 0 Å². The van der Waals surface area contributed by atoms with Crippen molar-refractivity contribution in [1.29, 1.82) is 0 Å². The van der Waals surface area contributed by atoms with Gasteiger partial charge in [0.15, 0.2) is 0 Å². The van der Waals surface area contributed by atoms with Crippen molar-refractivity contribution < 1.29 is 14.7 Å². The summed E-state index contributed by atoms with van der Waals surface area (Å²) in [6, 6.07) is 0. The summed E-state index contributed by atoms with van der Waals surface area (Å²) in [4.78, 5) is 22.0. The molecule has 2 saturated carbocycles. The fraction of sp³-hybridized carbons (Fsp3) is 0.800. The molecule has 2 aliphatic carbocycles. The molecule has 2 rings (SSSR count). The van der Waals surface area contributed by atoms with E-state index in [4.69, 9.17) is 5.11 Å². The minimum absolute atomic E-state index is 0.141. The van der Waals surface area contributed by atoms with E-state index in [9.17, 15) is 9.59 Å². The Kier molecular flexibility index (Phi) is 2.10. The van der Waals surface area contributed by atoms with E-state index in [-0.39, 0.29) is 17.6 Å². The number of carbonyl (C=O) groups excluding carboxylic acids is 1. The van der Waals surface area contributed by atoms with Crippen LogP contribution in [0.1, 0.15) is 32.1 Å². The standard InChI is InChI=1S/C10H14O3/c11-9(4-6-2-1-3-6)7-5-8(7)10(12)13/h6-8H,1-5H2,(H,12,13). The number of carbonyl (C=O) groups is 2. The molecule has 2 unspecified atom stereocenters. The molecule has 3 nitrogen and oxygen atoms in total. The zero-order valence-electron chi connectivity index (χ0n) is 7.53. The summed E-state index contributed by atoms with van der Waals surface area (Å²) >= 11 is 0. The number of Topliss-reactive ketones (excluding diaryl/α,β-unsaturated/α-hetero) is 1. The topological polar surface area (TPSA) is 54.4 Å². The number of hydrogen-bond donors (Lipinski definition) is 1. The van der Waals surface area contributed by atoms with Crippen molar-refractivity contribution in [2.24, 2.45) is 17.8 Å². The number of ketones is 1. The summed E-state index contributed by atoms with van der Waals surface area (Å²) < 4.78 is 0. The number of carboxylic acid groups (broad SMARTS) is 1. The van der Waals surface area contributed by atoms with Crippen LogP contribution in [0, 0.1) is 17.8 Å². The molecule has 2 aliphatic rings. The maximum absolute atomic E-state index is 11.5. The van der Waals surface area contributed by atoms with Gasteiger partial charge >= 0.3 is 5.97 Å². The number of aliphatic carboxylic acids is 1. The lowest BCUT2D eigenvalue weighted by molar-refractivity contribution is -0.140. The first kappa shape index (κ1) is 8.73. The fourth-order valence-electron chi connectivity index (χ4n) is 1.96. The van der Waals surface area contributed by atoms with Crippen LogP contribution in [-0.2, 0) is 9.59 Å². The van der Waals surface area contributed by atoms with E-state index in [1.165, 1.54) is 6.42 Å². The highest BCUT2D eigenvalue weighted by Gasteiger charge is 2.48. The zero-order chi connectivity index (χ0) is 9.42. The summed E-state index contributed by atoms with van der Waals surface area (Å²) in [7, 11) is 0. The smallest absolute Gasteiger partial charge is 0.307 e. The molecule has 2 atom stereocenters. The van der Waals surface area contributed by atoms with Crippen molar-refractivity contribution in [3.05, 3.63) is 0 Å². The second-order valence-electron chi connectivity index (χ2n) is 4.25. The average Bonchev–Trinajstić information content (AvgIpc) is 2.74. The summed E-state index contributed by atoms with van der Waals surface area (Å²) in [5.41, 5.74) is 0. The Morgan fingerprint density at radius 3 is 2.31 bits per heavy atom. The van der Waals surface area contributed by atoms with Crippen molar-refractivity contribution in [1.82, 2.24) is 0 Å². The van der Waals surface area contributed by atoms with E-state index in [0.29, 0.717) is 18.8 Å². The zero-order valence-corrected chi connectivity index (χ0v) is 7.53. The molecule has 0 heterocycles. The summed E-state index contributed by atoms with van der Waals surface area (Å²) in [5.74, 6) is -0.530. The van der Waals surface area contributed by atoms with E-state index >= 15 is 0 Å².